The molecule has 0 fully saturated rings. The van der Waals surface area contributed by atoms with Crippen LogP contribution >= 0.6 is 0 Å². The molecule has 1 N–H and O–H groups in total. The van der Waals surface area contributed by atoms with Crippen LogP contribution in [0.3, 0.4) is 0 Å². The van der Waals surface area contributed by atoms with Crippen molar-refractivity contribution >= 4 is 26.0 Å². The first-order valence-corrected chi connectivity index (χ1v) is 14.6. The Hall–Kier alpha value is -2.40. The molecule has 0 saturated carbocycles. The van der Waals surface area contributed by atoms with Crippen molar-refractivity contribution in [3.8, 4) is 0 Å². The number of carbonyl (C=O) groups is 2. The molecule has 11 heteroatoms. The van der Waals surface area contributed by atoms with E-state index in [2.05, 4.69) is 39.2 Å². The maximum Gasteiger partial charge on any atom is 0.410 e. The molecule has 34 heavy (non-hydrogen) atoms. The molecule has 0 aromatic carbocycles. The number of aryl methyl sites for hydroxylation is 1. The number of rotatable bonds is 11. The van der Waals surface area contributed by atoms with Crippen molar-refractivity contribution in [2.45, 2.75) is 84.7 Å². The highest BCUT2D eigenvalue weighted by molar-refractivity contribution is 6.74. The Bertz CT molecular complexity index is 855. The summed E-state index contributed by atoms with van der Waals surface area (Å²) in [6.07, 6.45) is 2.07. The van der Waals surface area contributed by atoms with Crippen LogP contribution in [0.5, 0.6) is 0 Å². The molecule has 194 valence electrons. The third kappa shape index (κ3) is 9.45. The van der Waals surface area contributed by atoms with E-state index in [1.54, 1.807) is 32.4 Å². The molecule has 0 aliphatic carbocycles. The largest absolute Gasteiger partial charge is 0.444 e. The van der Waals surface area contributed by atoms with Gasteiger partial charge in [0.15, 0.2) is 8.32 Å². The van der Waals surface area contributed by atoms with Crippen LogP contribution in [0.25, 0.3) is 0 Å². The maximum absolute atomic E-state index is 12.7. The number of nitrogens with one attached hydrogen (secondary N) is 1. The Kier molecular flexibility index (Phi) is 10.3. The molecule has 10 nitrogen and oxygen atoms in total. The van der Waals surface area contributed by atoms with Gasteiger partial charge in [-0.15, -0.1) is 0 Å². The molecule has 2 amide bonds. The minimum Gasteiger partial charge on any atom is -0.444 e. The van der Waals surface area contributed by atoms with Gasteiger partial charge in [0, 0.05) is 39.4 Å². The molecule has 1 heterocycles. The molecule has 0 aliphatic rings. The van der Waals surface area contributed by atoms with Gasteiger partial charge in [-0.05, 0) is 51.7 Å². The second-order valence-electron chi connectivity index (χ2n) is 11.0. The predicted molar refractivity (Wildman–Crippen MR) is 135 cm³/mol. The van der Waals surface area contributed by atoms with Crippen molar-refractivity contribution in [2.24, 2.45) is 0 Å². The lowest BCUT2D eigenvalue weighted by Crippen LogP contribution is -2.41. The maximum atomic E-state index is 12.7. The van der Waals surface area contributed by atoms with Crippen molar-refractivity contribution in [3.63, 3.8) is 0 Å². The standard InChI is InChI=1S/C23H42N4O6Si/c1-22(2,3)33-21(29)25(7)13-11-14-26-17-18(27(30)31)16-19(26)20(28)24-12-10-15-32-34(8,9)23(4,5)6/h16-17H,10-15H2,1-9H3,(H,24,28). The number of carbonyl (C=O) groups excluding carboxylic acids is 2. The van der Waals surface area contributed by atoms with E-state index in [0.29, 0.717) is 39.1 Å². The Morgan fingerprint density at radius 1 is 1.18 bits per heavy atom. The molecule has 0 saturated heterocycles. The van der Waals surface area contributed by atoms with Gasteiger partial charge >= 0.3 is 6.09 Å². The predicted octanol–water partition coefficient (Wildman–Crippen LogP) is 4.80. The van der Waals surface area contributed by atoms with Gasteiger partial charge in [0.1, 0.15) is 11.3 Å². The lowest BCUT2D eigenvalue weighted by Gasteiger charge is -2.36. The van der Waals surface area contributed by atoms with Crippen LogP contribution in [0, 0.1) is 10.1 Å². The highest BCUT2D eigenvalue weighted by Gasteiger charge is 2.36. The number of hydrogen-bond donors (Lipinski definition) is 1. The van der Waals surface area contributed by atoms with Crippen LogP contribution in [-0.4, -0.2) is 67.1 Å². The molecular weight excluding hydrogens is 456 g/mol. The number of hydrogen-bond acceptors (Lipinski definition) is 6. The van der Waals surface area contributed by atoms with Crippen LogP contribution in [0.1, 0.15) is 64.9 Å². The van der Waals surface area contributed by atoms with Gasteiger partial charge in [-0.25, -0.2) is 4.79 Å². The summed E-state index contributed by atoms with van der Waals surface area (Å²) in [6, 6.07) is 1.28. The fraction of sp³-hybridized carbons (Fsp3) is 0.739. The summed E-state index contributed by atoms with van der Waals surface area (Å²) in [5, 5.41) is 14.2. The van der Waals surface area contributed by atoms with Crippen molar-refractivity contribution in [3.05, 3.63) is 28.1 Å². The first-order chi connectivity index (χ1) is 15.4. The Balaban J connectivity index is 2.65. The number of ether oxygens (including phenoxy) is 1. The SMILES string of the molecule is CN(CCCn1cc([N+](=O)[O-])cc1C(=O)NCCCO[Si](C)(C)C(C)(C)C)C(=O)OC(C)(C)C. The van der Waals surface area contributed by atoms with E-state index < -0.39 is 24.9 Å². The smallest absolute Gasteiger partial charge is 0.410 e. The van der Waals surface area contributed by atoms with Crippen molar-refractivity contribution in [1.29, 1.82) is 0 Å². The summed E-state index contributed by atoms with van der Waals surface area (Å²) >= 11 is 0. The molecule has 0 bridgehead atoms. The lowest BCUT2D eigenvalue weighted by molar-refractivity contribution is -0.384. The minimum absolute atomic E-state index is 0.119. The van der Waals surface area contributed by atoms with Crippen LogP contribution in [-0.2, 0) is 15.7 Å². The fourth-order valence-electron chi connectivity index (χ4n) is 2.79. The van der Waals surface area contributed by atoms with Crippen LogP contribution in [0.2, 0.25) is 18.1 Å². The molecular formula is C23H42N4O6Si. The summed E-state index contributed by atoms with van der Waals surface area (Å²) in [5.41, 5.74) is -0.517. The molecule has 0 aliphatic heterocycles. The monoisotopic (exact) mass is 498 g/mol. The van der Waals surface area contributed by atoms with E-state index in [-0.39, 0.29) is 22.3 Å². The fourth-order valence-corrected chi connectivity index (χ4v) is 3.88. The van der Waals surface area contributed by atoms with Crippen LogP contribution in [0.15, 0.2) is 12.3 Å². The molecule has 0 atom stereocenters. The zero-order valence-electron chi connectivity index (χ0n) is 22.2. The quantitative estimate of drug-likeness (QED) is 0.203. The number of nitrogens with zero attached hydrogens (tertiary/aromatic N) is 3. The van der Waals surface area contributed by atoms with E-state index in [0.717, 1.165) is 0 Å². The van der Waals surface area contributed by atoms with Gasteiger partial charge in [-0.1, -0.05) is 20.8 Å². The van der Waals surface area contributed by atoms with Crippen molar-refractivity contribution in [1.82, 2.24) is 14.8 Å². The molecule has 1 aromatic rings. The zero-order chi connectivity index (χ0) is 26.3. The summed E-state index contributed by atoms with van der Waals surface area (Å²) in [5.74, 6) is -0.374. The van der Waals surface area contributed by atoms with E-state index >= 15 is 0 Å². The zero-order valence-corrected chi connectivity index (χ0v) is 23.2. The van der Waals surface area contributed by atoms with Gasteiger partial charge in [0.2, 0.25) is 0 Å². The van der Waals surface area contributed by atoms with Gasteiger partial charge in [-0.3, -0.25) is 14.9 Å². The second-order valence-corrected chi connectivity index (χ2v) is 15.8. The Labute approximate surface area is 204 Å². The van der Waals surface area contributed by atoms with E-state index in [9.17, 15) is 19.7 Å². The van der Waals surface area contributed by atoms with Gasteiger partial charge in [0.25, 0.3) is 11.6 Å². The molecule has 0 spiro atoms. The topological polar surface area (TPSA) is 116 Å². The average Bonchev–Trinajstić information content (AvgIpc) is 3.09. The Morgan fingerprint density at radius 3 is 2.32 bits per heavy atom. The van der Waals surface area contributed by atoms with Crippen LogP contribution in [0.4, 0.5) is 10.5 Å². The van der Waals surface area contributed by atoms with E-state index in [1.165, 1.54) is 17.2 Å². The minimum atomic E-state index is -1.84. The highest BCUT2D eigenvalue weighted by atomic mass is 28.4. The molecule has 0 unspecified atom stereocenters. The Morgan fingerprint density at radius 2 is 1.79 bits per heavy atom. The summed E-state index contributed by atoms with van der Waals surface area (Å²) in [4.78, 5) is 37.0. The lowest BCUT2D eigenvalue weighted by atomic mass is 10.2. The summed E-state index contributed by atoms with van der Waals surface area (Å²) < 4.78 is 13.0. The third-order valence-electron chi connectivity index (χ3n) is 5.80. The molecule has 1 rings (SSSR count). The van der Waals surface area contributed by atoms with Gasteiger partial charge in [-0.2, -0.15) is 0 Å². The summed E-state index contributed by atoms with van der Waals surface area (Å²) in [6.45, 7) is 17.9. The van der Waals surface area contributed by atoms with Crippen LogP contribution < -0.4 is 5.32 Å². The average molecular weight is 499 g/mol. The molecule has 0 radical (unpaired) electrons. The number of aromatic nitrogens is 1. The van der Waals surface area contributed by atoms with Crippen molar-refractivity contribution < 1.29 is 23.7 Å². The van der Waals surface area contributed by atoms with E-state index in [4.69, 9.17) is 9.16 Å². The highest BCUT2D eigenvalue weighted by Crippen LogP contribution is 2.36. The summed E-state index contributed by atoms with van der Waals surface area (Å²) in [7, 11) is -0.208. The first-order valence-electron chi connectivity index (χ1n) is 11.7. The van der Waals surface area contributed by atoms with Gasteiger partial charge < -0.3 is 23.9 Å². The number of nitro groups is 1. The van der Waals surface area contributed by atoms with E-state index in [1.807, 2.05) is 0 Å². The molecule has 1 aromatic heterocycles. The number of amides is 2. The first kappa shape index (κ1) is 29.6. The van der Waals surface area contributed by atoms with Gasteiger partial charge in [0.05, 0.1) is 11.1 Å². The third-order valence-corrected chi connectivity index (χ3v) is 10.3. The second kappa shape index (κ2) is 11.8. The van der Waals surface area contributed by atoms with Crippen molar-refractivity contribution in [2.75, 3.05) is 26.7 Å². The normalized spacial score (nSPS) is 12.4.